The molecule has 0 bridgehead atoms. The van der Waals surface area contributed by atoms with Crippen LogP contribution in [0.2, 0.25) is 0 Å². The zero-order valence-corrected chi connectivity index (χ0v) is 19.8. The molecule has 9 heteroatoms. The smallest absolute Gasteiger partial charge is 0.223 e. The number of amides is 1. The minimum atomic E-state index is -0.243. The number of rotatable bonds is 6. The lowest BCUT2D eigenvalue weighted by molar-refractivity contribution is -0.133. The number of aromatic nitrogens is 2. The van der Waals surface area contributed by atoms with Crippen LogP contribution in [-0.2, 0) is 16.1 Å². The Balaban J connectivity index is 0.00000280. The largest absolute Gasteiger partial charge is 0.383 e. The van der Waals surface area contributed by atoms with Gasteiger partial charge in [0.1, 0.15) is 0 Å². The van der Waals surface area contributed by atoms with E-state index in [4.69, 9.17) is 4.74 Å². The first kappa shape index (κ1) is 22.9. The lowest BCUT2D eigenvalue weighted by atomic mass is 9.93. The van der Waals surface area contributed by atoms with Gasteiger partial charge in [0.2, 0.25) is 5.91 Å². The van der Waals surface area contributed by atoms with Crippen LogP contribution in [0.5, 0.6) is 0 Å². The molecule has 2 aliphatic rings. The minimum absolute atomic E-state index is 0. The Hall–Kier alpha value is -1.36. The first-order chi connectivity index (χ1) is 12.8. The van der Waals surface area contributed by atoms with Gasteiger partial charge in [0.15, 0.2) is 5.96 Å². The van der Waals surface area contributed by atoms with E-state index < -0.39 is 0 Å². The third-order valence-electron chi connectivity index (χ3n) is 5.25. The third-order valence-corrected chi connectivity index (χ3v) is 5.25. The van der Waals surface area contributed by atoms with Gasteiger partial charge in [0.25, 0.3) is 0 Å². The predicted molar refractivity (Wildman–Crippen MR) is 120 cm³/mol. The number of aliphatic imine (C=N–C) groups is 1. The lowest BCUT2D eigenvalue weighted by Gasteiger charge is -2.38. The second kappa shape index (κ2) is 9.43. The average molecular weight is 504 g/mol. The van der Waals surface area contributed by atoms with Gasteiger partial charge in [-0.1, -0.05) is 0 Å². The summed E-state index contributed by atoms with van der Waals surface area (Å²) in [4.78, 5) is 21.5. The van der Waals surface area contributed by atoms with Crippen molar-refractivity contribution in [1.82, 2.24) is 24.9 Å². The van der Waals surface area contributed by atoms with Gasteiger partial charge < -0.3 is 19.9 Å². The standard InChI is InChI=1S/C19H32N6O2.HI/c1-19(2,3)25-16(26)10-14(11-21-18-20-6-7-23(18)4)17(25)15-12-22-24(13-15)8-9-27-5;/h12-14,17H,6-11H2,1-5H3,(H,20,21);1H/t14-,17+;/m0./s1. The van der Waals surface area contributed by atoms with E-state index in [0.717, 1.165) is 31.2 Å². The Bertz CT molecular complexity index is 699. The number of hydrogen-bond acceptors (Lipinski definition) is 6. The fourth-order valence-corrected chi connectivity index (χ4v) is 3.98. The molecular weight excluding hydrogens is 471 g/mol. The minimum Gasteiger partial charge on any atom is -0.383 e. The molecule has 1 amide bonds. The quantitative estimate of drug-likeness (QED) is 0.598. The molecule has 1 aromatic heterocycles. The molecule has 28 heavy (non-hydrogen) atoms. The van der Waals surface area contributed by atoms with Crippen LogP contribution in [0.3, 0.4) is 0 Å². The maximum absolute atomic E-state index is 12.9. The van der Waals surface area contributed by atoms with Crippen LogP contribution in [-0.4, -0.2) is 77.4 Å². The normalized spacial score (nSPS) is 22.5. The van der Waals surface area contributed by atoms with Crippen molar-refractivity contribution < 1.29 is 9.53 Å². The number of guanidine groups is 1. The van der Waals surface area contributed by atoms with Gasteiger partial charge in [0, 0.05) is 56.9 Å². The molecule has 0 spiro atoms. The fraction of sp³-hybridized carbons (Fsp3) is 0.737. The van der Waals surface area contributed by atoms with Crippen LogP contribution in [0.1, 0.15) is 38.8 Å². The summed E-state index contributed by atoms with van der Waals surface area (Å²) in [5.74, 6) is 1.30. The van der Waals surface area contributed by atoms with E-state index in [9.17, 15) is 4.79 Å². The van der Waals surface area contributed by atoms with Crippen molar-refractivity contribution in [2.45, 2.75) is 45.3 Å². The maximum Gasteiger partial charge on any atom is 0.223 e. The van der Waals surface area contributed by atoms with Crippen LogP contribution in [0.25, 0.3) is 0 Å². The van der Waals surface area contributed by atoms with E-state index in [-0.39, 0.29) is 47.4 Å². The monoisotopic (exact) mass is 504 g/mol. The van der Waals surface area contributed by atoms with Crippen molar-refractivity contribution in [3.8, 4) is 0 Å². The second-order valence-corrected chi connectivity index (χ2v) is 8.38. The van der Waals surface area contributed by atoms with Crippen molar-refractivity contribution in [1.29, 1.82) is 0 Å². The molecule has 1 N–H and O–H groups in total. The summed E-state index contributed by atoms with van der Waals surface area (Å²) in [6.07, 6.45) is 4.48. The van der Waals surface area contributed by atoms with E-state index in [0.29, 0.717) is 19.6 Å². The Morgan fingerprint density at radius 1 is 1.36 bits per heavy atom. The van der Waals surface area contributed by atoms with Crippen molar-refractivity contribution in [3.05, 3.63) is 18.0 Å². The van der Waals surface area contributed by atoms with E-state index in [1.807, 2.05) is 29.0 Å². The zero-order valence-electron chi connectivity index (χ0n) is 17.5. The molecule has 3 heterocycles. The lowest BCUT2D eigenvalue weighted by Crippen LogP contribution is -2.45. The number of nitrogens with one attached hydrogen (secondary N) is 1. The fourth-order valence-electron chi connectivity index (χ4n) is 3.98. The summed E-state index contributed by atoms with van der Waals surface area (Å²) < 4.78 is 7.04. The number of carbonyl (C=O) groups excluding carboxylic acids is 1. The highest BCUT2D eigenvalue weighted by Crippen LogP contribution is 2.42. The highest BCUT2D eigenvalue weighted by Gasteiger charge is 2.45. The summed E-state index contributed by atoms with van der Waals surface area (Å²) in [6.45, 7) is 10.1. The summed E-state index contributed by atoms with van der Waals surface area (Å²) in [5.41, 5.74) is 0.840. The molecule has 0 saturated carbocycles. The van der Waals surface area contributed by atoms with Crippen LogP contribution in [0.4, 0.5) is 0 Å². The Labute approximate surface area is 184 Å². The van der Waals surface area contributed by atoms with Crippen LogP contribution in [0, 0.1) is 5.92 Å². The highest BCUT2D eigenvalue weighted by molar-refractivity contribution is 14.0. The molecule has 1 fully saturated rings. The number of nitrogens with zero attached hydrogens (tertiary/aromatic N) is 5. The molecule has 1 saturated heterocycles. The summed E-state index contributed by atoms with van der Waals surface area (Å²) in [5, 5.41) is 7.93. The van der Waals surface area contributed by atoms with Crippen LogP contribution < -0.4 is 5.32 Å². The van der Waals surface area contributed by atoms with Gasteiger partial charge in [0.05, 0.1) is 31.9 Å². The first-order valence-corrected chi connectivity index (χ1v) is 9.64. The van der Waals surface area contributed by atoms with Gasteiger partial charge in [-0.3, -0.25) is 14.5 Å². The van der Waals surface area contributed by atoms with Crippen LogP contribution in [0.15, 0.2) is 17.4 Å². The molecule has 8 nitrogen and oxygen atoms in total. The number of likely N-dealkylation sites (N-methyl/N-ethyl adjacent to an activating group) is 1. The Morgan fingerprint density at radius 3 is 2.71 bits per heavy atom. The predicted octanol–water partition coefficient (Wildman–Crippen LogP) is 1.73. The highest BCUT2D eigenvalue weighted by atomic mass is 127. The number of likely N-dealkylation sites (tertiary alicyclic amines) is 1. The SMILES string of the molecule is COCCn1cc([C@H]2[C@H](CNC3=NCCN3C)CC(=O)N2C(C)(C)C)cn1.I. The topological polar surface area (TPSA) is 75.0 Å². The van der Waals surface area contributed by atoms with E-state index in [2.05, 4.69) is 41.1 Å². The van der Waals surface area contributed by atoms with E-state index >= 15 is 0 Å². The van der Waals surface area contributed by atoms with Gasteiger partial charge in [-0.2, -0.15) is 5.10 Å². The van der Waals surface area contributed by atoms with Crippen molar-refractivity contribution in [2.75, 3.05) is 40.4 Å². The first-order valence-electron chi connectivity index (χ1n) is 9.64. The molecular formula is C19H33IN6O2. The van der Waals surface area contributed by atoms with E-state index in [1.165, 1.54) is 0 Å². The second-order valence-electron chi connectivity index (χ2n) is 8.38. The molecule has 2 atom stereocenters. The average Bonchev–Trinajstić information content (AvgIpc) is 3.29. The molecule has 1 aromatic rings. The van der Waals surface area contributed by atoms with Gasteiger partial charge >= 0.3 is 0 Å². The number of carbonyl (C=O) groups is 1. The van der Waals surface area contributed by atoms with Crippen molar-refractivity contribution in [3.63, 3.8) is 0 Å². The Morgan fingerprint density at radius 2 is 2.11 bits per heavy atom. The molecule has 2 aliphatic heterocycles. The molecule has 0 aromatic carbocycles. The molecule has 3 rings (SSSR count). The molecule has 0 aliphatic carbocycles. The third kappa shape index (κ3) is 4.97. The summed E-state index contributed by atoms with van der Waals surface area (Å²) in [6, 6.07) is 0.00797. The number of ether oxygens (including phenoxy) is 1. The molecule has 0 radical (unpaired) electrons. The van der Waals surface area contributed by atoms with Gasteiger partial charge in [-0.05, 0) is 20.8 Å². The van der Waals surface area contributed by atoms with Crippen molar-refractivity contribution >= 4 is 35.8 Å². The molecule has 158 valence electrons. The summed E-state index contributed by atoms with van der Waals surface area (Å²) in [7, 11) is 3.73. The maximum atomic E-state index is 12.9. The van der Waals surface area contributed by atoms with Gasteiger partial charge in [-0.25, -0.2) is 0 Å². The Kier molecular flexibility index (Phi) is 7.72. The van der Waals surface area contributed by atoms with E-state index in [1.54, 1.807) is 7.11 Å². The number of hydrogen-bond donors (Lipinski definition) is 1. The number of methoxy groups -OCH3 is 1. The molecule has 0 unspecified atom stereocenters. The van der Waals surface area contributed by atoms with Crippen molar-refractivity contribution in [2.24, 2.45) is 10.9 Å². The van der Waals surface area contributed by atoms with Gasteiger partial charge in [-0.15, -0.1) is 24.0 Å². The zero-order chi connectivity index (χ0) is 19.6. The summed E-state index contributed by atoms with van der Waals surface area (Å²) >= 11 is 0. The van der Waals surface area contributed by atoms with Crippen LogP contribution >= 0.6 is 24.0 Å². The number of halogens is 1.